The highest BCUT2D eigenvalue weighted by atomic mass is 16.5. The monoisotopic (exact) mass is 301 g/mol. The van der Waals surface area contributed by atoms with Crippen LogP contribution in [0.1, 0.15) is 36.2 Å². The number of carbonyl (C=O) groups is 1. The normalized spacial score (nSPS) is 21.7. The summed E-state index contributed by atoms with van der Waals surface area (Å²) >= 11 is 0. The molecule has 1 aromatic carbocycles. The fraction of sp³-hybridized carbons (Fsp3) is 0.412. The highest BCUT2D eigenvalue weighted by Crippen LogP contribution is 2.21. The Balaban J connectivity index is 1.74. The van der Waals surface area contributed by atoms with Crippen LogP contribution in [0.5, 0.6) is 0 Å². The van der Waals surface area contributed by atoms with Crippen LogP contribution >= 0.6 is 0 Å². The minimum absolute atomic E-state index is 0.0672. The van der Waals surface area contributed by atoms with Gasteiger partial charge in [-0.25, -0.2) is 0 Å². The van der Waals surface area contributed by atoms with Gasteiger partial charge >= 0.3 is 0 Å². The molecule has 1 aliphatic carbocycles. The summed E-state index contributed by atoms with van der Waals surface area (Å²) in [6.45, 7) is 0. The number of ether oxygens (including phenoxy) is 1. The first-order chi connectivity index (χ1) is 10.7. The van der Waals surface area contributed by atoms with Crippen LogP contribution in [-0.2, 0) is 4.74 Å². The van der Waals surface area contributed by atoms with E-state index >= 15 is 0 Å². The summed E-state index contributed by atoms with van der Waals surface area (Å²) in [5, 5.41) is 3.43. The Labute approximate surface area is 128 Å². The van der Waals surface area contributed by atoms with Crippen molar-refractivity contribution in [2.24, 2.45) is 0 Å². The Morgan fingerprint density at radius 1 is 1.23 bits per heavy atom. The van der Waals surface area contributed by atoms with Crippen molar-refractivity contribution in [3.63, 3.8) is 0 Å². The van der Waals surface area contributed by atoms with E-state index in [0.29, 0.717) is 11.0 Å². The maximum absolute atomic E-state index is 12.3. The van der Waals surface area contributed by atoms with Gasteiger partial charge in [0, 0.05) is 19.2 Å². The molecule has 5 nitrogen and oxygen atoms in total. The molecule has 0 spiro atoms. The smallest absolute Gasteiger partial charge is 0.287 e. The first-order valence-corrected chi connectivity index (χ1v) is 7.54. The molecule has 0 bridgehead atoms. The molecular weight excluding hydrogens is 282 g/mol. The summed E-state index contributed by atoms with van der Waals surface area (Å²) in [7, 11) is 1.72. The summed E-state index contributed by atoms with van der Waals surface area (Å²) in [6, 6.07) is 8.30. The van der Waals surface area contributed by atoms with Crippen LogP contribution in [0, 0.1) is 0 Å². The van der Waals surface area contributed by atoms with Crippen LogP contribution < -0.4 is 10.7 Å². The minimum atomic E-state index is -0.330. The third-order valence-corrected chi connectivity index (χ3v) is 4.20. The highest BCUT2D eigenvalue weighted by Gasteiger charge is 2.23. The van der Waals surface area contributed by atoms with Gasteiger partial charge in [0.1, 0.15) is 5.58 Å². The van der Waals surface area contributed by atoms with Gasteiger partial charge in [-0.1, -0.05) is 12.1 Å². The molecule has 5 heteroatoms. The van der Waals surface area contributed by atoms with E-state index in [1.807, 2.05) is 0 Å². The number of fused-ring (bicyclic) bond motifs is 1. The molecule has 2 aromatic rings. The lowest BCUT2D eigenvalue weighted by Gasteiger charge is -2.27. The van der Waals surface area contributed by atoms with Gasteiger partial charge in [-0.15, -0.1) is 0 Å². The van der Waals surface area contributed by atoms with E-state index in [4.69, 9.17) is 9.15 Å². The van der Waals surface area contributed by atoms with Crippen molar-refractivity contribution in [3.8, 4) is 0 Å². The molecule has 0 aliphatic heterocycles. The molecule has 1 amide bonds. The Kier molecular flexibility index (Phi) is 4.24. The van der Waals surface area contributed by atoms with Gasteiger partial charge < -0.3 is 14.5 Å². The van der Waals surface area contributed by atoms with Crippen LogP contribution in [0.25, 0.3) is 11.0 Å². The second kappa shape index (κ2) is 6.32. The third-order valence-electron chi connectivity index (χ3n) is 4.20. The number of nitrogens with one attached hydrogen (secondary N) is 1. The van der Waals surface area contributed by atoms with Gasteiger partial charge in [0.2, 0.25) is 0 Å². The molecule has 22 heavy (non-hydrogen) atoms. The van der Waals surface area contributed by atoms with Crippen molar-refractivity contribution in [1.29, 1.82) is 0 Å². The maximum atomic E-state index is 12.3. The summed E-state index contributed by atoms with van der Waals surface area (Å²) in [4.78, 5) is 24.3. The van der Waals surface area contributed by atoms with Crippen molar-refractivity contribution >= 4 is 16.9 Å². The number of benzene rings is 1. The SMILES string of the molecule is COC1CCC(NC(=O)c2cc(=O)c3ccccc3o2)CC1. The van der Waals surface area contributed by atoms with Gasteiger partial charge in [-0.3, -0.25) is 9.59 Å². The van der Waals surface area contributed by atoms with Crippen LogP contribution in [0.15, 0.2) is 39.5 Å². The lowest BCUT2D eigenvalue weighted by Crippen LogP contribution is -2.39. The maximum Gasteiger partial charge on any atom is 0.287 e. The Morgan fingerprint density at radius 2 is 1.95 bits per heavy atom. The van der Waals surface area contributed by atoms with E-state index < -0.39 is 0 Å². The first kappa shape index (κ1) is 14.8. The average molecular weight is 301 g/mol. The number of carbonyl (C=O) groups excluding carboxylic acids is 1. The molecule has 0 atom stereocenters. The molecule has 1 N–H and O–H groups in total. The molecular formula is C17H19NO4. The molecule has 1 heterocycles. The Morgan fingerprint density at radius 3 is 2.68 bits per heavy atom. The zero-order valence-corrected chi connectivity index (χ0v) is 12.5. The fourth-order valence-corrected chi connectivity index (χ4v) is 2.92. The predicted octanol–water partition coefficient (Wildman–Crippen LogP) is 2.48. The van der Waals surface area contributed by atoms with Crippen LogP contribution in [0.3, 0.4) is 0 Å². The van der Waals surface area contributed by atoms with E-state index in [9.17, 15) is 9.59 Å². The van der Waals surface area contributed by atoms with Gasteiger partial charge in [0.25, 0.3) is 5.91 Å². The third kappa shape index (κ3) is 3.04. The van der Waals surface area contributed by atoms with Crippen molar-refractivity contribution < 1.29 is 13.9 Å². The average Bonchev–Trinajstić information content (AvgIpc) is 2.55. The second-order valence-electron chi connectivity index (χ2n) is 5.65. The van der Waals surface area contributed by atoms with Gasteiger partial charge in [-0.2, -0.15) is 0 Å². The van der Waals surface area contributed by atoms with E-state index in [-0.39, 0.29) is 29.2 Å². The first-order valence-electron chi connectivity index (χ1n) is 7.54. The number of amides is 1. The van der Waals surface area contributed by atoms with Crippen molar-refractivity contribution in [2.45, 2.75) is 37.8 Å². The zero-order valence-electron chi connectivity index (χ0n) is 12.5. The Hall–Kier alpha value is -2.14. The van der Waals surface area contributed by atoms with Gasteiger partial charge in [0.05, 0.1) is 11.5 Å². The molecule has 0 saturated heterocycles. The van der Waals surface area contributed by atoms with E-state index in [1.54, 1.807) is 31.4 Å². The molecule has 1 fully saturated rings. The van der Waals surface area contributed by atoms with E-state index in [1.165, 1.54) is 6.07 Å². The number of hydrogen-bond acceptors (Lipinski definition) is 4. The molecule has 1 saturated carbocycles. The van der Waals surface area contributed by atoms with E-state index in [0.717, 1.165) is 25.7 Å². The lowest BCUT2D eigenvalue weighted by atomic mass is 9.93. The van der Waals surface area contributed by atoms with Gasteiger partial charge in [-0.05, 0) is 37.8 Å². The minimum Gasteiger partial charge on any atom is -0.451 e. The van der Waals surface area contributed by atoms with Crippen molar-refractivity contribution in [3.05, 3.63) is 46.3 Å². The lowest BCUT2D eigenvalue weighted by molar-refractivity contribution is 0.0594. The largest absolute Gasteiger partial charge is 0.451 e. The molecule has 0 radical (unpaired) electrons. The number of hydrogen-bond donors (Lipinski definition) is 1. The predicted molar refractivity (Wildman–Crippen MR) is 83.0 cm³/mol. The summed E-state index contributed by atoms with van der Waals surface area (Å²) in [6.07, 6.45) is 3.91. The summed E-state index contributed by atoms with van der Waals surface area (Å²) in [5.41, 5.74) is 0.235. The van der Waals surface area contributed by atoms with E-state index in [2.05, 4.69) is 5.32 Å². The highest BCUT2D eigenvalue weighted by molar-refractivity contribution is 5.93. The van der Waals surface area contributed by atoms with Crippen LogP contribution in [0.4, 0.5) is 0 Å². The topological polar surface area (TPSA) is 68.5 Å². The standard InChI is InChI=1S/C17H19NO4/c1-21-12-8-6-11(7-9-12)18-17(20)16-10-14(19)13-4-2-3-5-15(13)22-16/h2-5,10-12H,6-9H2,1H3,(H,18,20). The summed E-state index contributed by atoms with van der Waals surface area (Å²) < 4.78 is 10.9. The molecule has 3 rings (SSSR count). The number of methoxy groups -OCH3 is 1. The van der Waals surface area contributed by atoms with Crippen LogP contribution in [0.2, 0.25) is 0 Å². The molecule has 116 valence electrons. The molecule has 1 aliphatic rings. The van der Waals surface area contributed by atoms with Crippen molar-refractivity contribution in [1.82, 2.24) is 5.32 Å². The quantitative estimate of drug-likeness (QED) is 0.945. The van der Waals surface area contributed by atoms with Crippen LogP contribution in [-0.4, -0.2) is 25.2 Å². The fourth-order valence-electron chi connectivity index (χ4n) is 2.92. The number of rotatable bonds is 3. The molecule has 1 aromatic heterocycles. The number of para-hydroxylation sites is 1. The Bertz CT molecular complexity index is 729. The summed E-state index contributed by atoms with van der Waals surface area (Å²) in [5.74, 6) is -0.263. The van der Waals surface area contributed by atoms with Crippen molar-refractivity contribution in [2.75, 3.05) is 7.11 Å². The molecule has 0 unspecified atom stereocenters. The zero-order chi connectivity index (χ0) is 15.5. The second-order valence-corrected chi connectivity index (χ2v) is 5.65. The van der Waals surface area contributed by atoms with Gasteiger partial charge in [0.15, 0.2) is 11.2 Å².